The number of ether oxygens (including phenoxy) is 2. The van der Waals surface area contributed by atoms with Crippen LogP contribution >= 0.6 is 0 Å². The normalized spacial score (nSPS) is 21.8. The van der Waals surface area contributed by atoms with Gasteiger partial charge in [-0.2, -0.15) is 4.31 Å². The first-order chi connectivity index (χ1) is 12.1. The summed E-state index contributed by atoms with van der Waals surface area (Å²) < 4.78 is 37.4. The predicted molar refractivity (Wildman–Crippen MR) is 92.3 cm³/mol. The molecule has 1 fully saturated rings. The van der Waals surface area contributed by atoms with E-state index in [1.54, 1.807) is 24.3 Å². The molecule has 0 bridgehead atoms. The van der Waals surface area contributed by atoms with E-state index in [2.05, 4.69) is 6.08 Å². The smallest absolute Gasteiger partial charge is 0.309 e. The second-order valence-corrected chi connectivity index (χ2v) is 8.19. The molecule has 1 aromatic rings. The molecule has 7 heteroatoms. The predicted octanol–water partition coefficient (Wildman–Crippen LogP) is 2.11. The van der Waals surface area contributed by atoms with E-state index in [1.807, 2.05) is 6.08 Å². The molecule has 1 atom stereocenters. The van der Waals surface area contributed by atoms with Gasteiger partial charge in [-0.15, -0.1) is 0 Å². The summed E-state index contributed by atoms with van der Waals surface area (Å²) in [7, 11) is -3.54. The number of rotatable bonds is 5. The van der Waals surface area contributed by atoms with Gasteiger partial charge in [-0.25, -0.2) is 8.42 Å². The molecular formula is C18H23NO5S. The molecule has 0 saturated carbocycles. The van der Waals surface area contributed by atoms with Crippen molar-refractivity contribution < 1.29 is 22.7 Å². The molecule has 0 spiro atoms. The molecule has 2 aliphatic rings. The maximum Gasteiger partial charge on any atom is 0.309 e. The Morgan fingerprint density at radius 3 is 2.76 bits per heavy atom. The number of benzene rings is 1. The van der Waals surface area contributed by atoms with Crippen LogP contribution in [0.3, 0.4) is 0 Å². The van der Waals surface area contributed by atoms with Gasteiger partial charge in [0.2, 0.25) is 10.0 Å². The molecule has 1 heterocycles. The Hall–Kier alpha value is -1.70. The van der Waals surface area contributed by atoms with Gasteiger partial charge in [-0.1, -0.05) is 24.3 Å². The molecule has 0 N–H and O–H groups in total. The lowest BCUT2D eigenvalue weighted by Gasteiger charge is -2.26. The van der Waals surface area contributed by atoms with Crippen LogP contribution in [-0.2, 0) is 30.9 Å². The summed E-state index contributed by atoms with van der Waals surface area (Å²) in [5.41, 5.74) is 0.675. The number of esters is 1. The third-order valence-electron chi connectivity index (χ3n) is 4.49. The van der Waals surface area contributed by atoms with E-state index in [9.17, 15) is 13.2 Å². The first-order valence-corrected chi connectivity index (χ1v) is 10.00. The van der Waals surface area contributed by atoms with Crippen molar-refractivity contribution in [2.24, 2.45) is 5.92 Å². The average Bonchev–Trinajstić information content (AvgIpc) is 2.67. The maximum atomic E-state index is 12.7. The summed E-state index contributed by atoms with van der Waals surface area (Å²) >= 11 is 0. The zero-order valence-corrected chi connectivity index (χ0v) is 14.9. The standard InChI is InChI=1S/C18H23NO5S/c20-18(16-6-2-1-3-7-16)24-14-15-5-4-8-17(13-15)25(21,22)19-9-11-23-12-10-19/h1-2,4-5,8,13,16H,3,6-7,9-12,14H2/t16-/m1/s1. The van der Waals surface area contributed by atoms with Crippen LogP contribution in [0.1, 0.15) is 24.8 Å². The minimum Gasteiger partial charge on any atom is -0.461 e. The topological polar surface area (TPSA) is 72.9 Å². The van der Waals surface area contributed by atoms with Gasteiger partial charge in [0.25, 0.3) is 0 Å². The molecule has 0 amide bonds. The van der Waals surface area contributed by atoms with Crippen molar-refractivity contribution in [1.29, 1.82) is 0 Å². The number of nitrogens with zero attached hydrogens (tertiary/aromatic N) is 1. The van der Waals surface area contributed by atoms with Crippen molar-refractivity contribution in [3.8, 4) is 0 Å². The summed E-state index contributed by atoms with van der Waals surface area (Å²) in [6.45, 7) is 1.62. The summed E-state index contributed by atoms with van der Waals surface area (Å²) in [5.74, 6) is -0.309. The van der Waals surface area contributed by atoms with Crippen LogP contribution in [-0.4, -0.2) is 45.0 Å². The third kappa shape index (κ3) is 4.48. The van der Waals surface area contributed by atoms with Gasteiger partial charge in [0, 0.05) is 13.1 Å². The molecule has 136 valence electrons. The van der Waals surface area contributed by atoms with E-state index in [4.69, 9.17) is 9.47 Å². The van der Waals surface area contributed by atoms with E-state index < -0.39 is 10.0 Å². The fourth-order valence-corrected chi connectivity index (χ4v) is 4.49. The van der Waals surface area contributed by atoms with Crippen molar-refractivity contribution >= 4 is 16.0 Å². The van der Waals surface area contributed by atoms with Gasteiger partial charge in [-0.05, 0) is 37.0 Å². The molecule has 6 nitrogen and oxygen atoms in total. The Morgan fingerprint density at radius 2 is 2.04 bits per heavy atom. The van der Waals surface area contributed by atoms with Crippen LogP contribution in [0.4, 0.5) is 0 Å². The molecule has 0 unspecified atom stereocenters. The van der Waals surface area contributed by atoms with Gasteiger partial charge >= 0.3 is 5.97 Å². The Bertz CT molecular complexity index is 738. The monoisotopic (exact) mass is 365 g/mol. The first kappa shape index (κ1) is 18.1. The second-order valence-electron chi connectivity index (χ2n) is 6.25. The fourth-order valence-electron chi connectivity index (χ4n) is 3.01. The highest BCUT2D eigenvalue weighted by Crippen LogP contribution is 2.21. The summed E-state index contributed by atoms with van der Waals surface area (Å²) in [4.78, 5) is 12.3. The summed E-state index contributed by atoms with van der Waals surface area (Å²) in [5, 5.41) is 0. The largest absolute Gasteiger partial charge is 0.461 e. The number of hydrogen-bond acceptors (Lipinski definition) is 5. The number of carbonyl (C=O) groups excluding carboxylic acids is 1. The minimum absolute atomic E-state index is 0.0888. The maximum absolute atomic E-state index is 12.7. The summed E-state index contributed by atoms with van der Waals surface area (Å²) in [6, 6.07) is 6.60. The van der Waals surface area contributed by atoms with Crippen LogP contribution < -0.4 is 0 Å². The lowest BCUT2D eigenvalue weighted by molar-refractivity contribution is -0.150. The molecule has 1 aromatic carbocycles. The number of allylic oxidation sites excluding steroid dienone is 2. The van der Waals surface area contributed by atoms with Crippen LogP contribution in [0.15, 0.2) is 41.3 Å². The van der Waals surface area contributed by atoms with Crippen LogP contribution in [0, 0.1) is 5.92 Å². The van der Waals surface area contributed by atoms with Crippen molar-refractivity contribution in [3.63, 3.8) is 0 Å². The van der Waals surface area contributed by atoms with Crippen LogP contribution in [0.2, 0.25) is 0 Å². The molecule has 1 saturated heterocycles. The second kappa shape index (κ2) is 8.12. The number of morpholine rings is 1. The van der Waals surface area contributed by atoms with Gasteiger partial charge in [0.15, 0.2) is 0 Å². The van der Waals surface area contributed by atoms with Gasteiger partial charge in [-0.3, -0.25) is 4.79 Å². The SMILES string of the molecule is O=C(OCc1cccc(S(=O)(=O)N2CCOCC2)c1)[C@@H]1CC=CCC1. The van der Waals surface area contributed by atoms with Crippen molar-refractivity contribution in [3.05, 3.63) is 42.0 Å². The van der Waals surface area contributed by atoms with Gasteiger partial charge in [0.05, 0.1) is 24.0 Å². The van der Waals surface area contributed by atoms with E-state index in [-0.39, 0.29) is 23.4 Å². The molecule has 25 heavy (non-hydrogen) atoms. The van der Waals surface area contributed by atoms with Crippen molar-refractivity contribution in [1.82, 2.24) is 4.31 Å². The van der Waals surface area contributed by atoms with Gasteiger partial charge in [0.1, 0.15) is 6.61 Å². The van der Waals surface area contributed by atoms with Crippen LogP contribution in [0.25, 0.3) is 0 Å². The first-order valence-electron chi connectivity index (χ1n) is 8.56. The van der Waals surface area contributed by atoms with Crippen LogP contribution in [0.5, 0.6) is 0 Å². The van der Waals surface area contributed by atoms with Gasteiger partial charge < -0.3 is 9.47 Å². The average molecular weight is 365 g/mol. The molecule has 0 aromatic heterocycles. The number of sulfonamides is 1. The third-order valence-corrected chi connectivity index (χ3v) is 6.38. The summed E-state index contributed by atoms with van der Waals surface area (Å²) in [6.07, 6.45) is 6.49. The van der Waals surface area contributed by atoms with Crippen molar-refractivity contribution in [2.45, 2.75) is 30.8 Å². The van der Waals surface area contributed by atoms with E-state index in [0.717, 1.165) is 12.8 Å². The fraction of sp³-hybridized carbons (Fsp3) is 0.500. The Labute approximate surface area is 148 Å². The van der Waals surface area contributed by atoms with E-state index in [0.29, 0.717) is 38.3 Å². The molecule has 1 aliphatic heterocycles. The van der Waals surface area contributed by atoms with E-state index >= 15 is 0 Å². The quantitative estimate of drug-likeness (QED) is 0.590. The minimum atomic E-state index is -3.54. The van der Waals surface area contributed by atoms with E-state index in [1.165, 1.54) is 4.31 Å². The molecule has 1 aliphatic carbocycles. The van der Waals surface area contributed by atoms with Crippen molar-refractivity contribution in [2.75, 3.05) is 26.3 Å². The zero-order valence-electron chi connectivity index (χ0n) is 14.1. The highest BCUT2D eigenvalue weighted by atomic mass is 32.2. The zero-order chi connectivity index (χ0) is 17.7. The number of hydrogen-bond donors (Lipinski definition) is 0. The number of carbonyl (C=O) groups is 1. The molecular weight excluding hydrogens is 342 g/mol. The Morgan fingerprint density at radius 1 is 1.24 bits per heavy atom. The molecule has 0 radical (unpaired) electrons. The highest BCUT2D eigenvalue weighted by molar-refractivity contribution is 7.89. The lowest BCUT2D eigenvalue weighted by Crippen LogP contribution is -2.40. The Kier molecular flexibility index (Phi) is 5.88. The lowest BCUT2D eigenvalue weighted by atomic mass is 9.95. The molecule has 3 rings (SSSR count). The highest BCUT2D eigenvalue weighted by Gasteiger charge is 2.26. The Balaban J connectivity index is 1.64.